The first-order valence-electron chi connectivity index (χ1n) is 8.93. The van der Waals surface area contributed by atoms with Gasteiger partial charge in [-0.3, -0.25) is 9.69 Å². The van der Waals surface area contributed by atoms with E-state index in [9.17, 15) is 9.59 Å². The molecule has 0 radical (unpaired) electrons. The maximum atomic E-state index is 12.5. The predicted molar refractivity (Wildman–Crippen MR) is 100 cm³/mol. The third-order valence-electron chi connectivity index (χ3n) is 5.04. The number of hydrogen-bond donors (Lipinski definition) is 2. The van der Waals surface area contributed by atoms with E-state index in [0.717, 1.165) is 19.4 Å². The Balaban J connectivity index is 1.70. The first-order chi connectivity index (χ1) is 12.6. The second-order valence-corrected chi connectivity index (χ2v) is 6.83. The first-order valence-corrected chi connectivity index (χ1v) is 8.93. The van der Waals surface area contributed by atoms with Crippen LogP contribution in [-0.4, -0.2) is 42.0 Å². The van der Waals surface area contributed by atoms with Crippen LogP contribution in [0.2, 0.25) is 0 Å². The van der Waals surface area contributed by atoms with Gasteiger partial charge < -0.3 is 10.4 Å². The normalized spacial score (nSPS) is 20.5. The summed E-state index contributed by atoms with van der Waals surface area (Å²) in [5.74, 6) is -0.936. The standard InChI is InChI=1S/C21H24N2O3/c1-23-12-6-11-18(19(23)15-7-3-2-4-8-15)14-22-20(24)16-9-5-10-17(13-16)21(25)26/h2-5,7-10,13,18-19H,6,11-12,14H2,1H3,(H,22,24)(H,25,26)/t18-,19-/m0/s1. The van der Waals surface area contributed by atoms with Crippen molar-refractivity contribution >= 4 is 11.9 Å². The van der Waals surface area contributed by atoms with Crippen molar-refractivity contribution in [3.63, 3.8) is 0 Å². The molecule has 0 saturated carbocycles. The van der Waals surface area contributed by atoms with Crippen LogP contribution in [0.4, 0.5) is 0 Å². The Hall–Kier alpha value is -2.66. The predicted octanol–water partition coefficient (Wildman–Crippen LogP) is 3.20. The highest BCUT2D eigenvalue weighted by Gasteiger charge is 2.30. The Labute approximate surface area is 153 Å². The SMILES string of the molecule is CN1CCC[C@@H](CNC(=O)c2cccc(C(=O)O)c2)[C@@H]1c1ccccc1. The Morgan fingerprint density at radius 2 is 1.85 bits per heavy atom. The minimum atomic E-state index is -1.03. The third-order valence-corrected chi connectivity index (χ3v) is 5.04. The fourth-order valence-corrected chi connectivity index (χ4v) is 3.77. The van der Waals surface area contributed by atoms with Gasteiger partial charge in [0.2, 0.25) is 0 Å². The van der Waals surface area contributed by atoms with E-state index < -0.39 is 5.97 Å². The van der Waals surface area contributed by atoms with E-state index >= 15 is 0 Å². The van der Waals surface area contributed by atoms with Crippen LogP contribution in [0.3, 0.4) is 0 Å². The van der Waals surface area contributed by atoms with Gasteiger partial charge in [-0.05, 0) is 56.1 Å². The molecule has 1 saturated heterocycles. The van der Waals surface area contributed by atoms with Gasteiger partial charge in [0.25, 0.3) is 5.91 Å². The van der Waals surface area contributed by atoms with E-state index in [-0.39, 0.29) is 17.5 Å². The van der Waals surface area contributed by atoms with Gasteiger partial charge in [0.05, 0.1) is 5.56 Å². The Kier molecular flexibility index (Phi) is 5.68. The molecule has 5 nitrogen and oxygen atoms in total. The summed E-state index contributed by atoms with van der Waals surface area (Å²) >= 11 is 0. The summed E-state index contributed by atoms with van der Waals surface area (Å²) in [6, 6.07) is 16.8. The summed E-state index contributed by atoms with van der Waals surface area (Å²) in [5.41, 5.74) is 1.77. The van der Waals surface area contributed by atoms with Crippen LogP contribution in [0.15, 0.2) is 54.6 Å². The third kappa shape index (κ3) is 4.11. The van der Waals surface area contributed by atoms with Gasteiger partial charge in [-0.15, -0.1) is 0 Å². The highest BCUT2D eigenvalue weighted by Crippen LogP contribution is 2.34. The fourth-order valence-electron chi connectivity index (χ4n) is 3.77. The average Bonchev–Trinajstić information content (AvgIpc) is 2.67. The average molecular weight is 352 g/mol. The first kappa shape index (κ1) is 18.1. The van der Waals surface area contributed by atoms with Crippen molar-refractivity contribution in [1.29, 1.82) is 0 Å². The van der Waals surface area contributed by atoms with Crippen molar-refractivity contribution in [2.75, 3.05) is 20.1 Å². The number of amides is 1. The molecule has 3 rings (SSSR count). The fraction of sp³-hybridized carbons (Fsp3) is 0.333. The Bertz CT molecular complexity index is 776. The quantitative estimate of drug-likeness (QED) is 0.867. The van der Waals surface area contributed by atoms with Gasteiger partial charge in [-0.25, -0.2) is 4.79 Å². The molecule has 0 bridgehead atoms. The monoisotopic (exact) mass is 352 g/mol. The van der Waals surface area contributed by atoms with E-state index in [2.05, 4.69) is 29.4 Å². The van der Waals surface area contributed by atoms with E-state index in [1.807, 2.05) is 18.2 Å². The van der Waals surface area contributed by atoms with Gasteiger partial charge in [-0.1, -0.05) is 36.4 Å². The lowest BCUT2D eigenvalue weighted by atomic mass is 9.85. The molecule has 0 aliphatic carbocycles. The molecule has 2 N–H and O–H groups in total. The maximum absolute atomic E-state index is 12.5. The van der Waals surface area contributed by atoms with Gasteiger partial charge in [0.1, 0.15) is 0 Å². The summed E-state index contributed by atoms with van der Waals surface area (Å²) in [4.78, 5) is 25.9. The van der Waals surface area contributed by atoms with E-state index in [1.165, 1.54) is 17.7 Å². The number of aromatic carboxylic acids is 1. The highest BCUT2D eigenvalue weighted by atomic mass is 16.4. The summed E-state index contributed by atoms with van der Waals surface area (Å²) in [6.07, 6.45) is 2.16. The molecule has 1 fully saturated rings. The molecule has 26 heavy (non-hydrogen) atoms. The minimum absolute atomic E-state index is 0.122. The number of benzene rings is 2. The van der Waals surface area contributed by atoms with Gasteiger partial charge >= 0.3 is 5.97 Å². The molecular formula is C21H24N2O3. The van der Waals surface area contributed by atoms with Crippen LogP contribution < -0.4 is 5.32 Å². The molecule has 2 aromatic carbocycles. The molecule has 1 aliphatic heterocycles. The van der Waals surface area contributed by atoms with Crippen LogP contribution in [0.25, 0.3) is 0 Å². The molecule has 0 spiro atoms. The summed E-state index contributed by atoms with van der Waals surface area (Å²) in [6.45, 7) is 1.62. The molecule has 5 heteroatoms. The number of piperidine rings is 1. The lowest BCUT2D eigenvalue weighted by Gasteiger charge is -2.39. The van der Waals surface area contributed by atoms with E-state index in [1.54, 1.807) is 12.1 Å². The molecular weight excluding hydrogens is 328 g/mol. The van der Waals surface area contributed by atoms with Crippen LogP contribution >= 0.6 is 0 Å². The highest BCUT2D eigenvalue weighted by molar-refractivity contribution is 5.97. The van der Waals surface area contributed by atoms with Crippen molar-refractivity contribution < 1.29 is 14.7 Å². The number of rotatable bonds is 5. The molecule has 2 atom stereocenters. The molecule has 1 amide bonds. The van der Waals surface area contributed by atoms with Crippen molar-refractivity contribution in [3.8, 4) is 0 Å². The van der Waals surface area contributed by atoms with Crippen molar-refractivity contribution in [2.24, 2.45) is 5.92 Å². The molecule has 0 aromatic heterocycles. The van der Waals surface area contributed by atoms with Crippen LogP contribution in [0.5, 0.6) is 0 Å². The lowest BCUT2D eigenvalue weighted by molar-refractivity contribution is 0.0697. The van der Waals surface area contributed by atoms with E-state index in [0.29, 0.717) is 18.0 Å². The largest absolute Gasteiger partial charge is 0.478 e. The molecule has 1 heterocycles. The number of carbonyl (C=O) groups is 2. The Morgan fingerprint density at radius 1 is 1.12 bits per heavy atom. The summed E-state index contributed by atoms with van der Waals surface area (Å²) in [7, 11) is 2.13. The van der Waals surface area contributed by atoms with Crippen LogP contribution in [-0.2, 0) is 0 Å². The molecule has 1 aliphatic rings. The minimum Gasteiger partial charge on any atom is -0.478 e. The molecule has 136 valence electrons. The number of carbonyl (C=O) groups excluding carboxylic acids is 1. The van der Waals surface area contributed by atoms with Gasteiger partial charge in [0, 0.05) is 18.2 Å². The number of likely N-dealkylation sites (tertiary alicyclic amines) is 1. The number of hydrogen-bond acceptors (Lipinski definition) is 3. The zero-order chi connectivity index (χ0) is 18.5. The van der Waals surface area contributed by atoms with E-state index in [4.69, 9.17) is 5.11 Å². The maximum Gasteiger partial charge on any atom is 0.335 e. The zero-order valence-corrected chi connectivity index (χ0v) is 14.9. The van der Waals surface area contributed by atoms with Gasteiger partial charge in [0.15, 0.2) is 0 Å². The second-order valence-electron chi connectivity index (χ2n) is 6.83. The summed E-state index contributed by atoms with van der Waals surface area (Å²) < 4.78 is 0. The lowest BCUT2D eigenvalue weighted by Crippen LogP contribution is -2.41. The number of nitrogens with one attached hydrogen (secondary N) is 1. The van der Waals surface area contributed by atoms with Gasteiger partial charge in [-0.2, -0.15) is 0 Å². The Morgan fingerprint density at radius 3 is 2.58 bits per heavy atom. The van der Waals surface area contributed by atoms with Crippen molar-refractivity contribution in [3.05, 3.63) is 71.3 Å². The second kappa shape index (κ2) is 8.15. The molecule has 0 unspecified atom stereocenters. The van der Waals surface area contributed by atoms with Crippen LogP contribution in [0.1, 0.15) is 45.2 Å². The number of nitrogens with zero attached hydrogens (tertiary/aromatic N) is 1. The zero-order valence-electron chi connectivity index (χ0n) is 14.9. The molecule has 2 aromatic rings. The topological polar surface area (TPSA) is 69.6 Å². The number of carboxylic acid groups (broad SMARTS) is 1. The van der Waals surface area contributed by atoms with Crippen LogP contribution in [0, 0.1) is 5.92 Å². The number of carboxylic acids is 1. The van der Waals surface area contributed by atoms with Crippen molar-refractivity contribution in [2.45, 2.75) is 18.9 Å². The summed E-state index contributed by atoms with van der Waals surface area (Å²) in [5, 5.41) is 12.1. The van der Waals surface area contributed by atoms with Crippen molar-refractivity contribution in [1.82, 2.24) is 10.2 Å². The smallest absolute Gasteiger partial charge is 0.335 e.